The maximum absolute atomic E-state index is 12.1. The molecule has 0 aliphatic carbocycles. The van der Waals surface area contributed by atoms with Crippen molar-refractivity contribution in [1.29, 1.82) is 0 Å². The first-order chi connectivity index (χ1) is 8.75. The molecule has 1 aromatic heterocycles. The predicted octanol–water partition coefficient (Wildman–Crippen LogP) is 3.84. The van der Waals surface area contributed by atoms with Crippen molar-refractivity contribution in [2.45, 2.75) is 27.7 Å². The minimum Gasteiger partial charge on any atom is -0.492 e. The van der Waals surface area contributed by atoms with E-state index in [1.54, 1.807) is 12.3 Å². The molecular weight excluding hydrogens is 308 g/mol. The van der Waals surface area contributed by atoms with Crippen LogP contribution >= 0.6 is 15.9 Å². The SMILES string of the molecule is C=C(OCC)c1ncc(Br)cc1NC(=O)C(C)(C)C. The van der Waals surface area contributed by atoms with E-state index in [2.05, 4.69) is 32.8 Å². The van der Waals surface area contributed by atoms with Crippen LogP contribution in [0.15, 0.2) is 23.3 Å². The number of pyridine rings is 1. The molecule has 0 spiro atoms. The number of hydrogen-bond donors (Lipinski definition) is 1. The topological polar surface area (TPSA) is 51.2 Å². The zero-order valence-electron chi connectivity index (χ0n) is 11.7. The predicted molar refractivity (Wildman–Crippen MR) is 80.7 cm³/mol. The molecule has 0 aromatic carbocycles. The highest BCUT2D eigenvalue weighted by Crippen LogP contribution is 2.26. The molecule has 0 fully saturated rings. The van der Waals surface area contributed by atoms with E-state index in [0.29, 0.717) is 23.7 Å². The van der Waals surface area contributed by atoms with E-state index < -0.39 is 5.41 Å². The van der Waals surface area contributed by atoms with E-state index in [1.807, 2.05) is 27.7 Å². The van der Waals surface area contributed by atoms with Gasteiger partial charge in [0.15, 0.2) is 0 Å². The molecule has 1 rings (SSSR count). The number of carbonyl (C=O) groups is 1. The molecule has 104 valence electrons. The molecular formula is C14H19BrN2O2. The van der Waals surface area contributed by atoms with Gasteiger partial charge in [-0.15, -0.1) is 0 Å². The molecule has 0 radical (unpaired) electrons. The van der Waals surface area contributed by atoms with Gasteiger partial charge in [-0.3, -0.25) is 4.79 Å². The molecule has 4 nitrogen and oxygen atoms in total. The summed E-state index contributed by atoms with van der Waals surface area (Å²) in [5.74, 6) is 0.358. The number of anilines is 1. The molecule has 0 atom stereocenters. The molecule has 0 saturated heterocycles. The van der Waals surface area contributed by atoms with Crippen LogP contribution in [-0.4, -0.2) is 17.5 Å². The van der Waals surface area contributed by atoms with E-state index in [4.69, 9.17) is 4.74 Å². The largest absolute Gasteiger partial charge is 0.492 e. The third-order valence-corrected chi connectivity index (χ3v) is 2.80. The van der Waals surface area contributed by atoms with E-state index in [9.17, 15) is 4.79 Å². The lowest BCUT2D eigenvalue weighted by Gasteiger charge is -2.19. The molecule has 1 aromatic rings. The van der Waals surface area contributed by atoms with Crippen molar-refractivity contribution in [3.8, 4) is 0 Å². The minimum absolute atomic E-state index is 0.0852. The maximum atomic E-state index is 12.1. The van der Waals surface area contributed by atoms with Crippen molar-refractivity contribution < 1.29 is 9.53 Å². The van der Waals surface area contributed by atoms with Gasteiger partial charge in [0.2, 0.25) is 5.91 Å². The second kappa shape index (κ2) is 6.19. The average molecular weight is 327 g/mol. The lowest BCUT2D eigenvalue weighted by atomic mass is 9.95. The number of halogens is 1. The summed E-state index contributed by atoms with van der Waals surface area (Å²) in [5, 5.41) is 2.86. The summed E-state index contributed by atoms with van der Waals surface area (Å²) in [5.41, 5.74) is 0.655. The van der Waals surface area contributed by atoms with Gasteiger partial charge in [-0.25, -0.2) is 4.98 Å². The number of rotatable bonds is 4. The van der Waals surface area contributed by atoms with Gasteiger partial charge in [-0.1, -0.05) is 27.4 Å². The van der Waals surface area contributed by atoms with Crippen LogP contribution in [0.4, 0.5) is 5.69 Å². The highest BCUT2D eigenvalue weighted by Gasteiger charge is 2.23. The zero-order chi connectivity index (χ0) is 14.6. The van der Waals surface area contributed by atoms with Gasteiger partial charge < -0.3 is 10.1 Å². The van der Waals surface area contributed by atoms with Crippen molar-refractivity contribution >= 4 is 33.3 Å². The van der Waals surface area contributed by atoms with Crippen LogP contribution in [0.25, 0.3) is 5.76 Å². The normalized spacial score (nSPS) is 11.0. The molecule has 1 amide bonds. The van der Waals surface area contributed by atoms with Crippen molar-refractivity contribution in [2.75, 3.05) is 11.9 Å². The zero-order valence-corrected chi connectivity index (χ0v) is 13.3. The summed E-state index contributed by atoms with van der Waals surface area (Å²) in [6.07, 6.45) is 1.65. The molecule has 5 heteroatoms. The lowest BCUT2D eigenvalue weighted by Crippen LogP contribution is -2.28. The Morgan fingerprint density at radius 2 is 2.16 bits per heavy atom. The molecule has 0 bridgehead atoms. The van der Waals surface area contributed by atoms with Crippen molar-refractivity contribution in [1.82, 2.24) is 4.98 Å². The second-order valence-corrected chi connectivity index (χ2v) is 6.03. The quantitative estimate of drug-likeness (QED) is 0.855. The van der Waals surface area contributed by atoms with Crippen molar-refractivity contribution in [3.05, 3.63) is 29.0 Å². The molecule has 0 aliphatic rings. The first-order valence-electron chi connectivity index (χ1n) is 6.04. The number of amides is 1. The number of ether oxygens (including phenoxy) is 1. The first kappa shape index (κ1) is 15.7. The van der Waals surface area contributed by atoms with Gasteiger partial charge >= 0.3 is 0 Å². The average Bonchev–Trinajstić information content (AvgIpc) is 2.28. The van der Waals surface area contributed by atoms with Crippen LogP contribution in [0.1, 0.15) is 33.4 Å². The first-order valence-corrected chi connectivity index (χ1v) is 6.84. The standard InChI is InChI=1S/C14H19BrN2O2/c1-6-19-9(2)12-11(7-10(15)8-16-12)17-13(18)14(3,4)5/h7-8H,2,6H2,1,3-5H3,(H,17,18). The maximum Gasteiger partial charge on any atom is 0.229 e. The summed E-state index contributed by atoms with van der Waals surface area (Å²) in [4.78, 5) is 16.3. The molecule has 19 heavy (non-hydrogen) atoms. The Bertz CT molecular complexity index is 493. The number of aromatic nitrogens is 1. The lowest BCUT2D eigenvalue weighted by molar-refractivity contribution is -0.123. The Morgan fingerprint density at radius 3 is 2.68 bits per heavy atom. The summed E-state index contributed by atoms with van der Waals surface area (Å²) in [7, 11) is 0. The molecule has 0 unspecified atom stereocenters. The fraction of sp³-hybridized carbons (Fsp3) is 0.429. The Kier molecular flexibility index (Phi) is 5.11. The Morgan fingerprint density at radius 1 is 1.53 bits per heavy atom. The van der Waals surface area contributed by atoms with Gasteiger partial charge in [-0.2, -0.15) is 0 Å². The molecule has 0 aliphatic heterocycles. The van der Waals surface area contributed by atoms with Gasteiger partial charge in [-0.05, 0) is 28.9 Å². The van der Waals surface area contributed by atoms with Crippen LogP contribution in [0.3, 0.4) is 0 Å². The summed E-state index contributed by atoms with van der Waals surface area (Å²) < 4.78 is 6.13. The monoisotopic (exact) mass is 326 g/mol. The number of nitrogens with zero attached hydrogens (tertiary/aromatic N) is 1. The summed E-state index contributed by atoms with van der Waals surface area (Å²) in [6.45, 7) is 11.8. The van der Waals surface area contributed by atoms with Crippen LogP contribution in [-0.2, 0) is 9.53 Å². The van der Waals surface area contributed by atoms with Crippen LogP contribution in [0.5, 0.6) is 0 Å². The highest BCUT2D eigenvalue weighted by atomic mass is 79.9. The van der Waals surface area contributed by atoms with E-state index in [0.717, 1.165) is 4.47 Å². The third kappa shape index (κ3) is 4.35. The highest BCUT2D eigenvalue weighted by molar-refractivity contribution is 9.10. The molecule has 1 heterocycles. The Labute approximate surface area is 122 Å². The Hall–Kier alpha value is -1.36. The summed E-state index contributed by atoms with van der Waals surface area (Å²) >= 11 is 3.34. The van der Waals surface area contributed by atoms with Gasteiger partial charge in [0.1, 0.15) is 11.5 Å². The fourth-order valence-corrected chi connectivity index (χ4v) is 1.64. The van der Waals surface area contributed by atoms with Gasteiger partial charge in [0, 0.05) is 16.1 Å². The van der Waals surface area contributed by atoms with Gasteiger partial charge in [0.05, 0.1) is 12.3 Å². The molecule has 1 N–H and O–H groups in total. The van der Waals surface area contributed by atoms with Crippen molar-refractivity contribution in [2.24, 2.45) is 5.41 Å². The van der Waals surface area contributed by atoms with Crippen molar-refractivity contribution in [3.63, 3.8) is 0 Å². The Balaban J connectivity index is 3.08. The number of carbonyl (C=O) groups excluding carboxylic acids is 1. The number of hydrogen-bond acceptors (Lipinski definition) is 3. The molecule has 0 saturated carbocycles. The third-order valence-electron chi connectivity index (χ3n) is 2.37. The number of nitrogens with one attached hydrogen (secondary N) is 1. The minimum atomic E-state index is -0.480. The van der Waals surface area contributed by atoms with Crippen LogP contribution in [0.2, 0.25) is 0 Å². The van der Waals surface area contributed by atoms with Crippen LogP contribution in [0, 0.1) is 5.41 Å². The second-order valence-electron chi connectivity index (χ2n) is 5.11. The van der Waals surface area contributed by atoms with Gasteiger partial charge in [0.25, 0.3) is 0 Å². The van der Waals surface area contributed by atoms with E-state index in [-0.39, 0.29) is 5.91 Å². The smallest absolute Gasteiger partial charge is 0.229 e. The van der Waals surface area contributed by atoms with E-state index >= 15 is 0 Å². The fourth-order valence-electron chi connectivity index (χ4n) is 1.31. The van der Waals surface area contributed by atoms with E-state index in [1.165, 1.54) is 0 Å². The van der Waals surface area contributed by atoms with Crippen LogP contribution < -0.4 is 5.32 Å². The summed E-state index contributed by atoms with van der Waals surface area (Å²) in [6, 6.07) is 1.79.